The Kier molecular flexibility index (Phi) is 3.82. The quantitative estimate of drug-likeness (QED) is 0.750. The molecule has 0 atom stereocenters. The van der Waals surface area contributed by atoms with Crippen LogP contribution in [0.3, 0.4) is 0 Å². The lowest BCUT2D eigenvalue weighted by Crippen LogP contribution is -2.00. The van der Waals surface area contributed by atoms with Gasteiger partial charge >= 0.3 is 5.97 Å². The fourth-order valence-electron chi connectivity index (χ4n) is 1.04. The molecule has 1 rings (SSSR count). The number of nitrogens with zero attached hydrogens (tertiary/aromatic N) is 1. The number of hydrogen-bond donors (Lipinski definition) is 2. The van der Waals surface area contributed by atoms with Crippen molar-refractivity contribution in [2.45, 2.75) is 6.42 Å². The Morgan fingerprint density at radius 1 is 1.64 bits per heavy atom. The molecule has 1 heterocycles. The fraction of sp³-hybridized carbons (Fsp3) is 0.200. The monoisotopic (exact) mass is 192 g/mol. The summed E-state index contributed by atoms with van der Waals surface area (Å²) in [7, 11) is 0. The number of carbonyl (C=O) groups is 1. The molecule has 0 aliphatic heterocycles. The third-order valence-electron chi connectivity index (χ3n) is 1.71. The number of nitrogens with two attached hydrogens (primary N) is 1. The Morgan fingerprint density at radius 3 is 3.07 bits per heavy atom. The highest BCUT2D eigenvalue weighted by atomic mass is 16.4. The van der Waals surface area contributed by atoms with Crippen LogP contribution in [0.2, 0.25) is 0 Å². The number of aromatic carboxylic acids is 1. The van der Waals surface area contributed by atoms with E-state index in [1.165, 1.54) is 18.5 Å². The van der Waals surface area contributed by atoms with Gasteiger partial charge < -0.3 is 10.8 Å². The molecular weight excluding hydrogens is 180 g/mol. The van der Waals surface area contributed by atoms with Crippen LogP contribution in [0.15, 0.2) is 24.5 Å². The van der Waals surface area contributed by atoms with Crippen LogP contribution in [0.4, 0.5) is 0 Å². The summed E-state index contributed by atoms with van der Waals surface area (Å²) in [6.45, 7) is 0.555. The van der Waals surface area contributed by atoms with Gasteiger partial charge in [0.1, 0.15) is 0 Å². The van der Waals surface area contributed by atoms with Crippen LogP contribution in [0.5, 0.6) is 0 Å². The van der Waals surface area contributed by atoms with Crippen LogP contribution in [0.25, 0.3) is 6.08 Å². The van der Waals surface area contributed by atoms with E-state index in [-0.39, 0.29) is 5.56 Å². The fourth-order valence-corrected chi connectivity index (χ4v) is 1.04. The molecule has 0 bridgehead atoms. The number of carboxylic acid groups (broad SMARTS) is 1. The summed E-state index contributed by atoms with van der Waals surface area (Å²) in [6.07, 6.45) is 7.28. The highest BCUT2D eigenvalue weighted by Crippen LogP contribution is 2.09. The summed E-state index contributed by atoms with van der Waals surface area (Å²) in [5.41, 5.74) is 6.17. The van der Waals surface area contributed by atoms with Crippen LogP contribution < -0.4 is 5.73 Å². The van der Waals surface area contributed by atoms with Crippen LogP contribution in [-0.4, -0.2) is 22.6 Å². The maximum absolute atomic E-state index is 10.8. The van der Waals surface area contributed by atoms with Crippen molar-refractivity contribution >= 4 is 12.0 Å². The summed E-state index contributed by atoms with van der Waals surface area (Å²) < 4.78 is 0. The minimum atomic E-state index is -0.945. The Hall–Kier alpha value is -1.68. The summed E-state index contributed by atoms with van der Waals surface area (Å²) >= 11 is 0. The largest absolute Gasteiger partial charge is 0.478 e. The number of pyridine rings is 1. The van der Waals surface area contributed by atoms with Gasteiger partial charge in [0.25, 0.3) is 0 Å². The highest BCUT2D eigenvalue weighted by molar-refractivity contribution is 5.91. The molecule has 0 unspecified atom stereocenters. The summed E-state index contributed by atoms with van der Waals surface area (Å²) in [5.74, 6) is -0.945. The van der Waals surface area contributed by atoms with Crippen molar-refractivity contribution in [2.75, 3.05) is 6.54 Å². The average Bonchev–Trinajstić information content (AvgIpc) is 2.19. The summed E-state index contributed by atoms with van der Waals surface area (Å²) in [4.78, 5) is 14.6. The lowest BCUT2D eigenvalue weighted by Gasteiger charge is -1.98. The molecule has 0 spiro atoms. The predicted octanol–water partition coefficient (Wildman–Crippen LogP) is 1.14. The van der Waals surface area contributed by atoms with Crippen LogP contribution >= 0.6 is 0 Å². The molecule has 3 N–H and O–H groups in total. The van der Waals surface area contributed by atoms with Gasteiger partial charge in [-0.2, -0.15) is 0 Å². The molecule has 14 heavy (non-hydrogen) atoms. The van der Waals surface area contributed by atoms with Gasteiger partial charge in [-0.05, 0) is 19.0 Å². The van der Waals surface area contributed by atoms with Crippen molar-refractivity contribution in [3.63, 3.8) is 0 Å². The maximum atomic E-state index is 10.8. The molecule has 0 saturated carbocycles. The first-order valence-electron chi connectivity index (χ1n) is 4.29. The summed E-state index contributed by atoms with van der Waals surface area (Å²) in [6, 6.07) is 1.48. The smallest absolute Gasteiger partial charge is 0.336 e. The van der Waals surface area contributed by atoms with Crippen molar-refractivity contribution in [3.8, 4) is 0 Å². The van der Waals surface area contributed by atoms with Crippen LogP contribution in [0, 0.1) is 0 Å². The second kappa shape index (κ2) is 5.14. The summed E-state index contributed by atoms with van der Waals surface area (Å²) in [5, 5.41) is 8.84. The Morgan fingerprint density at radius 2 is 2.43 bits per heavy atom. The lowest BCUT2D eigenvalue weighted by molar-refractivity contribution is 0.0696. The third kappa shape index (κ3) is 2.67. The van der Waals surface area contributed by atoms with E-state index in [9.17, 15) is 4.79 Å². The van der Waals surface area contributed by atoms with E-state index in [0.717, 1.165) is 6.42 Å². The molecule has 4 heteroatoms. The first-order chi connectivity index (χ1) is 6.75. The Bertz CT molecular complexity index is 348. The first kappa shape index (κ1) is 10.4. The number of carboxylic acids is 1. The van der Waals surface area contributed by atoms with Gasteiger partial charge in [-0.3, -0.25) is 4.98 Å². The first-order valence-corrected chi connectivity index (χ1v) is 4.29. The van der Waals surface area contributed by atoms with Gasteiger partial charge in [-0.15, -0.1) is 0 Å². The van der Waals surface area contributed by atoms with Crippen molar-refractivity contribution < 1.29 is 9.90 Å². The molecule has 1 aromatic heterocycles. The van der Waals surface area contributed by atoms with Crippen molar-refractivity contribution in [1.82, 2.24) is 4.98 Å². The van der Waals surface area contributed by atoms with E-state index in [2.05, 4.69) is 4.98 Å². The standard InChI is InChI=1S/C10H12N2O2/c11-5-2-1-3-8-7-12-6-4-9(8)10(13)14/h1,3-4,6-7H,2,5,11H2,(H,13,14). The molecule has 0 aromatic carbocycles. The van der Waals surface area contributed by atoms with Crippen molar-refractivity contribution in [1.29, 1.82) is 0 Å². The van der Waals surface area contributed by atoms with Gasteiger partial charge in [0.15, 0.2) is 0 Å². The molecule has 0 aliphatic carbocycles. The highest BCUT2D eigenvalue weighted by Gasteiger charge is 2.05. The van der Waals surface area contributed by atoms with Gasteiger partial charge in [0.05, 0.1) is 5.56 Å². The van der Waals surface area contributed by atoms with E-state index < -0.39 is 5.97 Å². The topological polar surface area (TPSA) is 76.2 Å². The molecule has 0 fully saturated rings. The predicted molar refractivity (Wildman–Crippen MR) is 53.9 cm³/mol. The Balaban J connectivity index is 2.90. The average molecular weight is 192 g/mol. The number of hydrogen-bond acceptors (Lipinski definition) is 3. The molecule has 0 radical (unpaired) electrons. The van der Waals surface area contributed by atoms with E-state index in [1.54, 1.807) is 6.08 Å². The number of rotatable bonds is 4. The van der Waals surface area contributed by atoms with Gasteiger partial charge in [0, 0.05) is 18.0 Å². The van der Waals surface area contributed by atoms with Crippen LogP contribution in [0.1, 0.15) is 22.3 Å². The van der Waals surface area contributed by atoms with E-state index in [0.29, 0.717) is 12.1 Å². The molecule has 0 saturated heterocycles. The minimum Gasteiger partial charge on any atom is -0.478 e. The van der Waals surface area contributed by atoms with Crippen molar-refractivity contribution in [3.05, 3.63) is 35.7 Å². The van der Waals surface area contributed by atoms with Gasteiger partial charge in [-0.25, -0.2) is 4.79 Å². The third-order valence-corrected chi connectivity index (χ3v) is 1.71. The molecule has 4 nitrogen and oxygen atoms in total. The molecule has 74 valence electrons. The van der Waals surface area contributed by atoms with Gasteiger partial charge in [-0.1, -0.05) is 12.2 Å². The lowest BCUT2D eigenvalue weighted by atomic mass is 10.1. The van der Waals surface area contributed by atoms with E-state index >= 15 is 0 Å². The molecule has 0 aliphatic rings. The van der Waals surface area contributed by atoms with Crippen LogP contribution in [-0.2, 0) is 0 Å². The van der Waals surface area contributed by atoms with E-state index in [4.69, 9.17) is 10.8 Å². The normalized spacial score (nSPS) is 10.6. The minimum absolute atomic E-state index is 0.258. The zero-order chi connectivity index (χ0) is 10.4. The molecule has 1 aromatic rings. The van der Waals surface area contributed by atoms with E-state index in [1.807, 2.05) is 6.08 Å². The molecular formula is C10H12N2O2. The zero-order valence-electron chi connectivity index (χ0n) is 7.68. The second-order valence-electron chi connectivity index (χ2n) is 2.75. The number of aromatic nitrogens is 1. The zero-order valence-corrected chi connectivity index (χ0v) is 7.68. The SMILES string of the molecule is NCCC=Cc1cnccc1C(=O)O. The maximum Gasteiger partial charge on any atom is 0.336 e. The molecule has 0 amide bonds. The van der Waals surface area contributed by atoms with Crippen molar-refractivity contribution in [2.24, 2.45) is 5.73 Å². The van der Waals surface area contributed by atoms with Gasteiger partial charge in [0.2, 0.25) is 0 Å². The second-order valence-corrected chi connectivity index (χ2v) is 2.75. The Labute approximate surface area is 82.1 Å².